The fraction of sp³-hybridized carbons (Fsp3) is 0.0714. The van der Waals surface area contributed by atoms with Gasteiger partial charge < -0.3 is 0 Å². The van der Waals surface area contributed by atoms with Gasteiger partial charge in [0.25, 0.3) is 0 Å². The van der Waals surface area contributed by atoms with Gasteiger partial charge in [-0.2, -0.15) is 0 Å². The summed E-state index contributed by atoms with van der Waals surface area (Å²) in [4.78, 5) is 4.50. The lowest BCUT2D eigenvalue weighted by Crippen LogP contribution is -2.25. The number of rotatable bonds is 0. The predicted octanol–water partition coefficient (Wildman–Crippen LogP) is 1.55. The maximum Gasteiger partial charge on any atom is 0.0773 e. The second kappa shape index (κ2) is 3.35. The Balaban J connectivity index is 2.47. The van der Waals surface area contributed by atoms with Crippen LogP contribution in [0.2, 0.25) is 0 Å². The highest BCUT2D eigenvalue weighted by Crippen LogP contribution is 2.17. The predicted molar refractivity (Wildman–Crippen MR) is 63.9 cm³/mol. The Morgan fingerprint density at radius 1 is 1.13 bits per heavy atom. The largest absolute Gasteiger partial charge is 0.260 e. The Morgan fingerprint density at radius 2 is 2.07 bits per heavy atom. The van der Waals surface area contributed by atoms with E-state index in [0.717, 1.165) is 12.1 Å². The van der Waals surface area contributed by atoms with Crippen molar-refractivity contribution in [2.75, 3.05) is 0 Å². The second-order valence-electron chi connectivity index (χ2n) is 3.67. The molecule has 0 bridgehead atoms. The average Bonchev–Trinajstić information content (AvgIpc) is 2.48. The number of benzene rings is 1. The van der Waals surface area contributed by atoms with E-state index >= 15 is 0 Å². The smallest absolute Gasteiger partial charge is 0.0773 e. The fourth-order valence-corrected chi connectivity index (χ4v) is 1.98. The molecule has 0 saturated heterocycles. The molecule has 1 heterocycles. The van der Waals surface area contributed by atoms with Crippen molar-refractivity contribution in [2.45, 2.75) is 6.42 Å². The monoisotopic (exact) mass is 193 g/mol. The van der Waals surface area contributed by atoms with Crippen molar-refractivity contribution >= 4 is 18.0 Å². The highest BCUT2D eigenvalue weighted by Gasteiger charge is 2.06. The first-order valence-corrected chi connectivity index (χ1v) is 5.16. The summed E-state index contributed by atoms with van der Waals surface area (Å²) in [7, 11) is 0. The third-order valence-electron chi connectivity index (χ3n) is 2.70. The van der Waals surface area contributed by atoms with E-state index in [2.05, 4.69) is 53.6 Å². The molecule has 0 atom stereocenters. The van der Waals surface area contributed by atoms with Gasteiger partial charge in [-0.05, 0) is 10.8 Å². The number of dihydropyridines is 1. The third kappa shape index (κ3) is 1.37. The molecule has 1 aromatic rings. The van der Waals surface area contributed by atoms with Crippen molar-refractivity contribution in [3.05, 3.63) is 58.5 Å². The molecule has 1 aliphatic carbocycles. The molecule has 0 saturated carbocycles. The summed E-state index contributed by atoms with van der Waals surface area (Å²) in [6.45, 7) is 0. The highest BCUT2D eigenvalue weighted by molar-refractivity contribution is 5.81. The molecule has 0 amide bonds. The molecule has 1 aliphatic heterocycles. The maximum atomic E-state index is 4.50. The van der Waals surface area contributed by atoms with Crippen LogP contribution in [-0.2, 0) is 0 Å². The van der Waals surface area contributed by atoms with Gasteiger partial charge in [0.2, 0.25) is 0 Å². The number of allylic oxidation sites excluding steroid dienone is 2. The number of aliphatic imine (C=N–C) groups is 1. The van der Waals surface area contributed by atoms with E-state index < -0.39 is 0 Å². The van der Waals surface area contributed by atoms with E-state index in [1.165, 1.54) is 16.0 Å². The topological polar surface area (TPSA) is 12.4 Å². The zero-order chi connectivity index (χ0) is 10.1. The van der Waals surface area contributed by atoms with E-state index in [0.29, 0.717) is 0 Å². The van der Waals surface area contributed by atoms with Crippen molar-refractivity contribution in [2.24, 2.45) is 4.99 Å². The van der Waals surface area contributed by atoms with Crippen molar-refractivity contribution in [1.82, 2.24) is 0 Å². The SMILES string of the molecule is C1=CC2=CCC=NC2=c2ccccc2=C1. The van der Waals surface area contributed by atoms with Crippen LogP contribution in [0.5, 0.6) is 0 Å². The van der Waals surface area contributed by atoms with E-state index in [4.69, 9.17) is 0 Å². The lowest BCUT2D eigenvalue weighted by atomic mass is 10.1. The molecule has 15 heavy (non-hydrogen) atoms. The molecule has 1 heteroatoms. The summed E-state index contributed by atoms with van der Waals surface area (Å²) in [5.74, 6) is 0. The summed E-state index contributed by atoms with van der Waals surface area (Å²) < 4.78 is 0. The van der Waals surface area contributed by atoms with Crippen molar-refractivity contribution in [3.63, 3.8) is 0 Å². The van der Waals surface area contributed by atoms with Crippen LogP contribution in [0.15, 0.2) is 53.1 Å². The van der Waals surface area contributed by atoms with Gasteiger partial charge in [-0.15, -0.1) is 0 Å². The number of nitrogens with zero attached hydrogens (tertiary/aromatic N) is 1. The molecule has 0 unspecified atom stereocenters. The van der Waals surface area contributed by atoms with Gasteiger partial charge in [0, 0.05) is 17.9 Å². The fourth-order valence-electron chi connectivity index (χ4n) is 1.98. The van der Waals surface area contributed by atoms with Crippen LogP contribution >= 0.6 is 0 Å². The van der Waals surface area contributed by atoms with Gasteiger partial charge in [0.05, 0.1) is 5.70 Å². The Hall–Kier alpha value is -1.89. The quantitative estimate of drug-likeness (QED) is 0.592. The average molecular weight is 193 g/mol. The van der Waals surface area contributed by atoms with E-state index in [9.17, 15) is 0 Å². The molecule has 72 valence electrons. The van der Waals surface area contributed by atoms with Crippen LogP contribution in [0.3, 0.4) is 0 Å². The summed E-state index contributed by atoms with van der Waals surface area (Å²) in [5, 5.41) is 2.47. The molecule has 2 aliphatic rings. The van der Waals surface area contributed by atoms with Crippen molar-refractivity contribution in [3.8, 4) is 0 Å². The molecule has 0 radical (unpaired) electrons. The van der Waals surface area contributed by atoms with Crippen molar-refractivity contribution in [1.29, 1.82) is 0 Å². The van der Waals surface area contributed by atoms with E-state index in [-0.39, 0.29) is 0 Å². The van der Waals surface area contributed by atoms with Crippen LogP contribution in [0.25, 0.3) is 11.8 Å². The number of hydrogen-bond acceptors (Lipinski definition) is 1. The summed E-state index contributed by atoms with van der Waals surface area (Å²) >= 11 is 0. The van der Waals surface area contributed by atoms with Gasteiger partial charge >= 0.3 is 0 Å². The number of hydrogen-bond donors (Lipinski definition) is 0. The Labute approximate surface area is 88.5 Å². The minimum absolute atomic E-state index is 0.936. The van der Waals surface area contributed by atoms with Gasteiger partial charge in [-0.25, -0.2) is 0 Å². The molecule has 0 N–H and O–H groups in total. The lowest BCUT2D eigenvalue weighted by Gasteiger charge is -2.06. The van der Waals surface area contributed by atoms with Crippen LogP contribution in [0, 0.1) is 0 Å². The molecular formula is C14H11N. The normalized spacial score (nSPS) is 17.3. The first-order valence-electron chi connectivity index (χ1n) is 5.16. The van der Waals surface area contributed by atoms with Crippen LogP contribution in [0.4, 0.5) is 0 Å². The number of fused-ring (bicyclic) bond motifs is 2. The van der Waals surface area contributed by atoms with Gasteiger partial charge in [-0.1, -0.05) is 48.6 Å². The van der Waals surface area contributed by atoms with Gasteiger partial charge in [-0.3, -0.25) is 4.99 Å². The summed E-state index contributed by atoms with van der Waals surface area (Å²) in [6, 6.07) is 8.38. The van der Waals surface area contributed by atoms with Crippen LogP contribution < -0.4 is 10.4 Å². The standard InChI is InChI=1S/C14H11N/c1-2-9-13-11(5-1)6-3-7-12-8-4-10-15-14(12)13/h1-3,5-10H,4H2. The zero-order valence-electron chi connectivity index (χ0n) is 8.35. The van der Waals surface area contributed by atoms with Crippen LogP contribution in [-0.4, -0.2) is 6.21 Å². The highest BCUT2D eigenvalue weighted by atomic mass is 14.7. The van der Waals surface area contributed by atoms with E-state index in [1.807, 2.05) is 6.21 Å². The van der Waals surface area contributed by atoms with Crippen LogP contribution in [0.1, 0.15) is 6.42 Å². The first-order chi connectivity index (χ1) is 7.45. The Bertz CT molecular complexity index is 600. The Kier molecular flexibility index (Phi) is 1.88. The van der Waals surface area contributed by atoms with E-state index in [1.54, 1.807) is 0 Å². The molecule has 0 aromatic heterocycles. The molecule has 1 aromatic carbocycles. The summed E-state index contributed by atoms with van der Waals surface area (Å²) in [5.41, 5.74) is 2.33. The maximum absolute atomic E-state index is 4.50. The second-order valence-corrected chi connectivity index (χ2v) is 3.67. The van der Waals surface area contributed by atoms with Gasteiger partial charge in [0.1, 0.15) is 0 Å². The third-order valence-corrected chi connectivity index (χ3v) is 2.70. The summed E-state index contributed by atoms with van der Waals surface area (Å²) in [6.07, 6.45) is 11.5. The lowest BCUT2D eigenvalue weighted by molar-refractivity contribution is 1.34. The molecule has 0 spiro atoms. The zero-order valence-corrected chi connectivity index (χ0v) is 8.35. The Morgan fingerprint density at radius 3 is 3.07 bits per heavy atom. The van der Waals surface area contributed by atoms with Gasteiger partial charge in [0.15, 0.2) is 0 Å². The minimum Gasteiger partial charge on any atom is -0.260 e. The molecular weight excluding hydrogens is 182 g/mol. The molecule has 1 nitrogen and oxygen atoms in total. The minimum atomic E-state index is 0.936. The van der Waals surface area contributed by atoms with Crippen molar-refractivity contribution < 1.29 is 0 Å². The molecule has 3 rings (SSSR count). The molecule has 0 fully saturated rings. The first kappa shape index (κ1) is 8.42.